The number of fused-ring (bicyclic) bond motifs is 2. The zero-order valence-corrected chi connectivity index (χ0v) is 11.3. The molecule has 21 heavy (non-hydrogen) atoms. The molecular formula is C19H13NO. The summed E-state index contributed by atoms with van der Waals surface area (Å²) in [6.45, 7) is 0. The van der Waals surface area contributed by atoms with Crippen LogP contribution in [0.3, 0.4) is 0 Å². The van der Waals surface area contributed by atoms with Gasteiger partial charge in [-0.05, 0) is 39.9 Å². The van der Waals surface area contributed by atoms with Crippen molar-refractivity contribution >= 4 is 21.5 Å². The van der Waals surface area contributed by atoms with Crippen LogP contribution in [0.5, 0.6) is 0 Å². The molecule has 1 N–H and O–H groups in total. The molecule has 0 spiro atoms. The minimum Gasteiger partial charge on any atom is -0.321 e. The van der Waals surface area contributed by atoms with E-state index in [2.05, 4.69) is 29.2 Å². The molecule has 2 heteroatoms. The molecule has 0 unspecified atom stereocenters. The van der Waals surface area contributed by atoms with Crippen molar-refractivity contribution in [3.05, 3.63) is 83.2 Å². The van der Waals surface area contributed by atoms with E-state index in [0.717, 1.165) is 22.0 Å². The van der Waals surface area contributed by atoms with E-state index in [1.165, 1.54) is 10.8 Å². The number of aromatic nitrogens is 1. The first-order valence-corrected chi connectivity index (χ1v) is 6.92. The number of benzene rings is 3. The summed E-state index contributed by atoms with van der Waals surface area (Å²) in [6.07, 6.45) is 0. The molecule has 4 aromatic rings. The van der Waals surface area contributed by atoms with Crippen LogP contribution in [0.4, 0.5) is 0 Å². The average Bonchev–Trinajstić information content (AvgIpc) is 2.54. The van der Waals surface area contributed by atoms with Gasteiger partial charge in [0.05, 0.1) is 0 Å². The van der Waals surface area contributed by atoms with Gasteiger partial charge in [-0.2, -0.15) is 0 Å². The van der Waals surface area contributed by atoms with E-state index in [0.29, 0.717) is 0 Å². The quantitative estimate of drug-likeness (QED) is 0.548. The highest BCUT2D eigenvalue weighted by molar-refractivity contribution is 5.89. The molecule has 1 aromatic heterocycles. The topological polar surface area (TPSA) is 32.9 Å². The van der Waals surface area contributed by atoms with Gasteiger partial charge in [-0.15, -0.1) is 0 Å². The Kier molecular flexibility index (Phi) is 2.61. The van der Waals surface area contributed by atoms with Crippen molar-refractivity contribution in [1.82, 2.24) is 4.98 Å². The van der Waals surface area contributed by atoms with Gasteiger partial charge in [0, 0.05) is 11.1 Å². The molecule has 0 bridgehead atoms. The molecule has 0 saturated heterocycles. The smallest absolute Gasteiger partial charge is 0.256 e. The molecule has 0 radical (unpaired) electrons. The largest absolute Gasteiger partial charge is 0.321 e. The number of rotatable bonds is 1. The molecule has 1 heterocycles. The van der Waals surface area contributed by atoms with Gasteiger partial charge in [-0.1, -0.05) is 54.6 Å². The van der Waals surface area contributed by atoms with E-state index < -0.39 is 0 Å². The van der Waals surface area contributed by atoms with E-state index >= 15 is 0 Å². The van der Waals surface area contributed by atoms with Crippen molar-refractivity contribution < 1.29 is 0 Å². The minimum absolute atomic E-state index is 0.0451. The Morgan fingerprint density at radius 1 is 0.667 bits per heavy atom. The maximum atomic E-state index is 12.2. The van der Waals surface area contributed by atoms with E-state index in [1.54, 1.807) is 0 Å². The van der Waals surface area contributed by atoms with Gasteiger partial charge in [0.1, 0.15) is 0 Å². The normalized spacial score (nSPS) is 11.0. The summed E-state index contributed by atoms with van der Waals surface area (Å²) in [6, 6.07) is 24.1. The fourth-order valence-corrected chi connectivity index (χ4v) is 2.72. The van der Waals surface area contributed by atoms with Gasteiger partial charge in [0.15, 0.2) is 0 Å². The first-order valence-electron chi connectivity index (χ1n) is 6.92. The number of pyridine rings is 1. The maximum Gasteiger partial charge on any atom is 0.256 e. The monoisotopic (exact) mass is 271 g/mol. The summed E-state index contributed by atoms with van der Waals surface area (Å²) in [7, 11) is 0. The zero-order chi connectivity index (χ0) is 14.2. The van der Waals surface area contributed by atoms with Gasteiger partial charge < -0.3 is 4.98 Å². The predicted molar refractivity (Wildman–Crippen MR) is 87.5 cm³/mol. The van der Waals surface area contributed by atoms with Gasteiger partial charge in [0.2, 0.25) is 0 Å². The molecule has 0 saturated carbocycles. The average molecular weight is 271 g/mol. The highest BCUT2D eigenvalue weighted by atomic mass is 16.1. The highest BCUT2D eigenvalue weighted by Crippen LogP contribution is 2.24. The predicted octanol–water partition coefficient (Wildman–Crippen LogP) is 4.35. The number of aromatic amines is 1. The standard InChI is InChI=1S/C19H13NO/c21-19-17-8-4-3-7-15(17)12-18(20-19)16-10-9-13-5-1-2-6-14(13)11-16/h1-12H,(H,20,21). The van der Waals surface area contributed by atoms with Crippen molar-refractivity contribution in [3.63, 3.8) is 0 Å². The first kappa shape index (κ1) is 11.9. The lowest BCUT2D eigenvalue weighted by Gasteiger charge is -2.06. The SMILES string of the molecule is O=c1[nH]c(-c2ccc3ccccc3c2)cc2ccccc12. The van der Waals surface area contributed by atoms with Crippen LogP contribution in [0.15, 0.2) is 77.6 Å². The third-order valence-corrected chi connectivity index (χ3v) is 3.81. The second kappa shape index (κ2) is 4.60. The van der Waals surface area contributed by atoms with Crippen molar-refractivity contribution in [2.45, 2.75) is 0 Å². The van der Waals surface area contributed by atoms with Crippen LogP contribution in [0, 0.1) is 0 Å². The fraction of sp³-hybridized carbons (Fsp3) is 0. The van der Waals surface area contributed by atoms with Crippen LogP contribution in [0.25, 0.3) is 32.8 Å². The molecule has 0 atom stereocenters. The summed E-state index contributed by atoms with van der Waals surface area (Å²) in [4.78, 5) is 15.2. The second-order valence-corrected chi connectivity index (χ2v) is 5.16. The van der Waals surface area contributed by atoms with Crippen molar-refractivity contribution in [2.24, 2.45) is 0 Å². The molecule has 4 rings (SSSR count). The molecule has 0 aliphatic heterocycles. The summed E-state index contributed by atoms with van der Waals surface area (Å²) in [5, 5.41) is 4.06. The zero-order valence-electron chi connectivity index (χ0n) is 11.3. The Morgan fingerprint density at radius 3 is 2.24 bits per heavy atom. The lowest BCUT2D eigenvalue weighted by molar-refractivity contribution is 1.28. The highest BCUT2D eigenvalue weighted by Gasteiger charge is 2.04. The Morgan fingerprint density at radius 2 is 1.38 bits per heavy atom. The Labute approximate surface area is 121 Å². The first-order chi connectivity index (χ1) is 10.3. The Balaban J connectivity index is 1.97. The summed E-state index contributed by atoms with van der Waals surface area (Å²) >= 11 is 0. The molecule has 0 aliphatic rings. The summed E-state index contributed by atoms with van der Waals surface area (Å²) < 4.78 is 0. The Hall–Kier alpha value is -2.87. The molecule has 0 amide bonds. The van der Waals surface area contributed by atoms with Crippen LogP contribution >= 0.6 is 0 Å². The molecule has 0 fully saturated rings. The number of H-pyrrole nitrogens is 1. The van der Waals surface area contributed by atoms with Crippen LogP contribution in [0.2, 0.25) is 0 Å². The van der Waals surface area contributed by atoms with Crippen molar-refractivity contribution in [3.8, 4) is 11.3 Å². The fourth-order valence-electron chi connectivity index (χ4n) is 2.72. The lowest BCUT2D eigenvalue weighted by Crippen LogP contribution is -2.06. The van der Waals surface area contributed by atoms with Crippen molar-refractivity contribution in [2.75, 3.05) is 0 Å². The number of hydrogen-bond acceptors (Lipinski definition) is 1. The van der Waals surface area contributed by atoms with Crippen molar-refractivity contribution in [1.29, 1.82) is 0 Å². The molecule has 3 aromatic carbocycles. The molecule has 2 nitrogen and oxygen atoms in total. The van der Waals surface area contributed by atoms with Gasteiger partial charge in [-0.25, -0.2) is 0 Å². The molecule has 0 aliphatic carbocycles. The third-order valence-electron chi connectivity index (χ3n) is 3.81. The third kappa shape index (κ3) is 2.01. The summed E-state index contributed by atoms with van der Waals surface area (Å²) in [5.41, 5.74) is 1.83. The second-order valence-electron chi connectivity index (χ2n) is 5.16. The lowest BCUT2D eigenvalue weighted by atomic mass is 10.0. The minimum atomic E-state index is -0.0451. The van der Waals surface area contributed by atoms with E-state index in [1.807, 2.05) is 48.5 Å². The van der Waals surface area contributed by atoms with E-state index in [-0.39, 0.29) is 5.56 Å². The van der Waals surface area contributed by atoms with Crippen LogP contribution in [0.1, 0.15) is 0 Å². The Bertz CT molecular complexity index is 1010. The molecular weight excluding hydrogens is 258 g/mol. The number of nitrogens with one attached hydrogen (secondary N) is 1. The van der Waals surface area contributed by atoms with Crippen LogP contribution in [-0.4, -0.2) is 4.98 Å². The van der Waals surface area contributed by atoms with Gasteiger partial charge in [-0.3, -0.25) is 4.79 Å². The van der Waals surface area contributed by atoms with E-state index in [9.17, 15) is 4.79 Å². The maximum absolute atomic E-state index is 12.2. The number of hydrogen-bond donors (Lipinski definition) is 1. The van der Waals surface area contributed by atoms with Crippen LogP contribution in [-0.2, 0) is 0 Å². The van der Waals surface area contributed by atoms with E-state index in [4.69, 9.17) is 0 Å². The molecule has 100 valence electrons. The van der Waals surface area contributed by atoms with Gasteiger partial charge >= 0.3 is 0 Å². The summed E-state index contributed by atoms with van der Waals surface area (Å²) in [5.74, 6) is 0. The van der Waals surface area contributed by atoms with Gasteiger partial charge in [0.25, 0.3) is 5.56 Å². The van der Waals surface area contributed by atoms with Crippen LogP contribution < -0.4 is 5.56 Å².